The number of nitrogens with zero attached hydrogens (tertiary/aromatic N) is 2. The van der Waals surface area contributed by atoms with E-state index in [9.17, 15) is 14.7 Å². The molecule has 1 fully saturated rings. The van der Waals surface area contributed by atoms with Crippen molar-refractivity contribution in [2.45, 2.75) is 31.3 Å². The number of benzene rings is 2. The van der Waals surface area contributed by atoms with Crippen molar-refractivity contribution in [3.8, 4) is 0 Å². The number of likely N-dealkylation sites (tertiary alicyclic amines) is 1. The third kappa shape index (κ3) is 3.42. The van der Waals surface area contributed by atoms with Gasteiger partial charge in [-0.15, -0.1) is 0 Å². The number of fused-ring (bicyclic) bond motifs is 3. The fraction of sp³-hybridized carbons (Fsp3) is 0.364. The van der Waals surface area contributed by atoms with Gasteiger partial charge in [0, 0.05) is 30.4 Å². The Hall–Kier alpha value is -3.06. The predicted molar refractivity (Wildman–Crippen MR) is 112 cm³/mol. The Morgan fingerprint density at radius 1 is 1.07 bits per heavy atom. The molecular formula is C22H26N4O3. The normalized spacial score (nSPS) is 22.2. The minimum atomic E-state index is -0.314. The molecule has 0 aliphatic carbocycles. The van der Waals surface area contributed by atoms with Crippen LogP contribution >= 0.6 is 0 Å². The van der Waals surface area contributed by atoms with Crippen LogP contribution < -0.4 is 15.5 Å². The first-order chi connectivity index (χ1) is 14.2. The number of nitrogens with one attached hydrogen (secondary N) is 2. The Morgan fingerprint density at radius 2 is 1.79 bits per heavy atom. The van der Waals surface area contributed by atoms with E-state index in [1.807, 2.05) is 61.5 Å². The van der Waals surface area contributed by atoms with E-state index in [-0.39, 0.29) is 36.7 Å². The number of aliphatic hydroxyl groups is 1. The molecule has 0 spiro atoms. The van der Waals surface area contributed by atoms with Gasteiger partial charge in [-0.25, -0.2) is 9.59 Å². The highest BCUT2D eigenvalue weighted by atomic mass is 16.3. The first kappa shape index (κ1) is 19.3. The Kier molecular flexibility index (Phi) is 5.40. The molecule has 7 heteroatoms. The molecule has 4 amide bonds. The summed E-state index contributed by atoms with van der Waals surface area (Å²) in [5.74, 6) is 0.00736. The molecule has 3 N–H and O–H groups in total. The lowest BCUT2D eigenvalue weighted by Crippen LogP contribution is -2.71. The molecule has 0 radical (unpaired) electrons. The fourth-order valence-electron chi connectivity index (χ4n) is 4.40. The molecule has 7 nitrogen and oxygen atoms in total. The molecule has 3 atom stereocenters. The number of hydrogen-bond acceptors (Lipinski definition) is 3. The summed E-state index contributed by atoms with van der Waals surface area (Å²) in [5, 5.41) is 15.8. The van der Waals surface area contributed by atoms with Crippen LogP contribution in [0.15, 0.2) is 54.6 Å². The Bertz CT molecular complexity index is 889. The molecule has 2 aliphatic heterocycles. The fourth-order valence-corrected chi connectivity index (χ4v) is 4.40. The van der Waals surface area contributed by atoms with Crippen molar-refractivity contribution in [1.29, 1.82) is 0 Å². The number of amides is 4. The summed E-state index contributed by atoms with van der Waals surface area (Å²) in [4.78, 5) is 29.1. The van der Waals surface area contributed by atoms with Crippen molar-refractivity contribution in [3.63, 3.8) is 0 Å². The summed E-state index contributed by atoms with van der Waals surface area (Å²) in [5.41, 5.74) is 2.55. The first-order valence-electron chi connectivity index (χ1n) is 10.0. The average Bonchev–Trinajstić information content (AvgIpc) is 2.73. The van der Waals surface area contributed by atoms with Crippen molar-refractivity contribution in [2.24, 2.45) is 0 Å². The number of aliphatic hydroxyl groups excluding tert-OH is 1. The third-order valence-corrected chi connectivity index (χ3v) is 5.72. The Morgan fingerprint density at radius 3 is 2.52 bits per heavy atom. The molecule has 0 bridgehead atoms. The molecule has 2 aromatic rings. The summed E-state index contributed by atoms with van der Waals surface area (Å²) in [6, 6.07) is 16.1. The van der Waals surface area contributed by atoms with Gasteiger partial charge >= 0.3 is 12.1 Å². The molecule has 152 valence electrons. The van der Waals surface area contributed by atoms with E-state index in [0.717, 1.165) is 17.7 Å². The lowest BCUT2D eigenvalue weighted by Gasteiger charge is -2.58. The van der Waals surface area contributed by atoms with E-state index < -0.39 is 0 Å². The molecule has 2 aliphatic rings. The smallest absolute Gasteiger partial charge is 0.322 e. The van der Waals surface area contributed by atoms with Gasteiger partial charge in [0.25, 0.3) is 0 Å². The van der Waals surface area contributed by atoms with Crippen LogP contribution in [0.4, 0.5) is 21.0 Å². The number of carbonyl (C=O) groups is 2. The van der Waals surface area contributed by atoms with Crippen LogP contribution in [0.3, 0.4) is 0 Å². The highest BCUT2D eigenvalue weighted by molar-refractivity contribution is 5.95. The van der Waals surface area contributed by atoms with Gasteiger partial charge in [0.2, 0.25) is 0 Å². The maximum atomic E-state index is 13.0. The van der Waals surface area contributed by atoms with Gasteiger partial charge in [0.15, 0.2) is 0 Å². The van der Waals surface area contributed by atoms with Crippen molar-refractivity contribution >= 4 is 23.4 Å². The summed E-state index contributed by atoms with van der Waals surface area (Å²) in [7, 11) is 0. The van der Waals surface area contributed by atoms with Gasteiger partial charge in [-0.05, 0) is 30.2 Å². The van der Waals surface area contributed by atoms with Crippen LogP contribution in [0, 0.1) is 0 Å². The topological polar surface area (TPSA) is 84.9 Å². The van der Waals surface area contributed by atoms with Crippen molar-refractivity contribution in [1.82, 2.24) is 10.2 Å². The number of carbonyl (C=O) groups excluding carboxylic acids is 2. The van der Waals surface area contributed by atoms with Gasteiger partial charge in [-0.2, -0.15) is 0 Å². The van der Waals surface area contributed by atoms with E-state index in [1.54, 1.807) is 9.80 Å². The summed E-state index contributed by atoms with van der Waals surface area (Å²) < 4.78 is 0. The molecule has 29 heavy (non-hydrogen) atoms. The Labute approximate surface area is 170 Å². The quantitative estimate of drug-likeness (QED) is 0.745. The average molecular weight is 394 g/mol. The maximum absolute atomic E-state index is 13.0. The summed E-state index contributed by atoms with van der Waals surface area (Å²) in [6.07, 6.45) is 0.853. The van der Waals surface area contributed by atoms with Crippen LogP contribution in [0.25, 0.3) is 0 Å². The minimum absolute atomic E-state index is 0.00736. The van der Waals surface area contributed by atoms with E-state index in [1.165, 1.54) is 0 Å². The predicted octanol–water partition coefficient (Wildman–Crippen LogP) is 2.99. The second-order valence-corrected chi connectivity index (χ2v) is 7.45. The van der Waals surface area contributed by atoms with Crippen LogP contribution in [-0.4, -0.2) is 53.8 Å². The monoisotopic (exact) mass is 394 g/mol. The number of para-hydroxylation sites is 2. The molecule has 0 aromatic heterocycles. The van der Waals surface area contributed by atoms with E-state index >= 15 is 0 Å². The second-order valence-electron chi connectivity index (χ2n) is 7.45. The van der Waals surface area contributed by atoms with E-state index in [2.05, 4.69) is 10.6 Å². The van der Waals surface area contributed by atoms with Gasteiger partial charge in [-0.1, -0.05) is 43.3 Å². The number of anilines is 2. The molecular weight excluding hydrogens is 368 g/mol. The van der Waals surface area contributed by atoms with Gasteiger partial charge in [0.05, 0.1) is 18.7 Å². The van der Waals surface area contributed by atoms with E-state index in [0.29, 0.717) is 18.8 Å². The van der Waals surface area contributed by atoms with Gasteiger partial charge < -0.3 is 20.6 Å². The number of rotatable bonds is 4. The zero-order valence-corrected chi connectivity index (χ0v) is 16.4. The van der Waals surface area contributed by atoms with Crippen LogP contribution in [0.1, 0.15) is 24.8 Å². The third-order valence-electron chi connectivity index (χ3n) is 5.72. The van der Waals surface area contributed by atoms with Crippen LogP contribution in [0.2, 0.25) is 0 Å². The van der Waals surface area contributed by atoms with Crippen molar-refractivity contribution < 1.29 is 14.7 Å². The second kappa shape index (κ2) is 8.13. The molecule has 2 heterocycles. The molecule has 2 aromatic carbocycles. The molecule has 1 saturated heterocycles. The number of hydrogen-bond donors (Lipinski definition) is 3. The highest BCUT2D eigenvalue weighted by Crippen LogP contribution is 2.48. The SMILES string of the molecule is CCCNC(=O)N1C[C@@H]2[C@H](c3ccccc31)[C@@H](CO)N2C(=O)Nc1ccccc1. The lowest BCUT2D eigenvalue weighted by molar-refractivity contribution is -0.00195. The minimum Gasteiger partial charge on any atom is -0.394 e. The summed E-state index contributed by atoms with van der Waals surface area (Å²) in [6.45, 7) is 2.88. The van der Waals surface area contributed by atoms with Crippen molar-refractivity contribution in [3.05, 3.63) is 60.2 Å². The zero-order valence-electron chi connectivity index (χ0n) is 16.4. The molecule has 0 saturated carbocycles. The van der Waals surface area contributed by atoms with Crippen LogP contribution in [0.5, 0.6) is 0 Å². The van der Waals surface area contributed by atoms with Crippen LogP contribution in [-0.2, 0) is 0 Å². The number of urea groups is 2. The highest BCUT2D eigenvalue weighted by Gasteiger charge is 2.55. The standard InChI is InChI=1S/C22H26N4O3/c1-2-12-23-21(28)25-13-18-20(16-10-6-7-11-17(16)25)19(14-27)26(18)22(29)24-15-8-4-3-5-9-15/h3-11,18-20,27H,2,12-14H2,1H3,(H,23,28)(H,24,29)/t18-,19-,20+/m1/s1. The Balaban J connectivity index is 1.61. The van der Waals surface area contributed by atoms with Crippen molar-refractivity contribution in [2.75, 3.05) is 29.9 Å². The van der Waals surface area contributed by atoms with Gasteiger partial charge in [0.1, 0.15) is 0 Å². The zero-order chi connectivity index (χ0) is 20.4. The van der Waals surface area contributed by atoms with Gasteiger partial charge in [-0.3, -0.25) is 4.90 Å². The largest absolute Gasteiger partial charge is 0.394 e. The van der Waals surface area contributed by atoms with E-state index in [4.69, 9.17) is 0 Å². The first-order valence-corrected chi connectivity index (χ1v) is 10.0. The summed E-state index contributed by atoms with van der Waals surface area (Å²) >= 11 is 0. The lowest BCUT2D eigenvalue weighted by atomic mass is 9.72. The molecule has 0 unspecified atom stereocenters. The molecule has 4 rings (SSSR count). The maximum Gasteiger partial charge on any atom is 0.322 e.